The van der Waals surface area contributed by atoms with Crippen molar-refractivity contribution in [1.29, 1.82) is 0 Å². The second-order valence-corrected chi connectivity index (χ2v) is 3.82. The molecule has 1 rings (SSSR count). The van der Waals surface area contributed by atoms with Gasteiger partial charge in [0.05, 0.1) is 6.61 Å². The summed E-state index contributed by atoms with van der Waals surface area (Å²) in [4.78, 5) is 10.5. The van der Waals surface area contributed by atoms with Crippen molar-refractivity contribution >= 4 is 5.91 Å². The average Bonchev–Trinajstić information content (AvgIpc) is 2.41. The van der Waals surface area contributed by atoms with Crippen molar-refractivity contribution in [3.63, 3.8) is 0 Å². The highest BCUT2D eigenvalue weighted by atomic mass is 16.5. The van der Waals surface area contributed by atoms with E-state index >= 15 is 0 Å². The number of carbonyl (C=O) groups excluding carboxylic acids is 1. The summed E-state index contributed by atoms with van der Waals surface area (Å²) in [7, 11) is 1.67. The standard InChI is InChI=1S/C13H20N2O4/c1-17-8-6-15-7-9-18-11-2-4-12(5-3-11)19-10-13(14)16/h2-5,15H,6-10H2,1H3,(H2,14,16). The second kappa shape index (κ2) is 9.18. The maximum Gasteiger partial charge on any atom is 0.255 e. The number of rotatable bonds is 10. The largest absolute Gasteiger partial charge is 0.492 e. The Morgan fingerprint density at radius 3 is 2.26 bits per heavy atom. The molecule has 0 radical (unpaired) electrons. The van der Waals surface area contributed by atoms with Crippen molar-refractivity contribution < 1.29 is 19.0 Å². The van der Waals surface area contributed by atoms with Gasteiger partial charge in [-0.1, -0.05) is 0 Å². The van der Waals surface area contributed by atoms with E-state index in [2.05, 4.69) is 5.32 Å². The van der Waals surface area contributed by atoms with E-state index in [-0.39, 0.29) is 6.61 Å². The van der Waals surface area contributed by atoms with E-state index < -0.39 is 5.91 Å². The quantitative estimate of drug-likeness (QED) is 0.591. The predicted octanol–water partition coefficient (Wildman–Crippen LogP) is 0.166. The fourth-order valence-corrected chi connectivity index (χ4v) is 1.33. The molecule has 1 amide bonds. The van der Waals surface area contributed by atoms with E-state index in [1.807, 2.05) is 0 Å². The van der Waals surface area contributed by atoms with Crippen LogP contribution in [0.25, 0.3) is 0 Å². The first-order valence-corrected chi connectivity index (χ1v) is 6.06. The summed E-state index contributed by atoms with van der Waals surface area (Å²) in [5.74, 6) is 0.840. The SMILES string of the molecule is COCCNCCOc1ccc(OCC(N)=O)cc1. The van der Waals surface area contributed by atoms with Crippen LogP contribution in [0.1, 0.15) is 0 Å². The number of nitrogens with one attached hydrogen (secondary N) is 1. The molecule has 0 unspecified atom stereocenters. The Balaban J connectivity index is 2.19. The number of methoxy groups -OCH3 is 1. The molecule has 0 saturated carbocycles. The van der Waals surface area contributed by atoms with E-state index in [0.717, 1.165) is 18.8 Å². The van der Waals surface area contributed by atoms with Crippen molar-refractivity contribution in [2.75, 3.05) is 40.0 Å². The minimum atomic E-state index is -0.498. The summed E-state index contributed by atoms with van der Waals surface area (Å²) in [6, 6.07) is 7.03. The third-order valence-electron chi connectivity index (χ3n) is 2.24. The van der Waals surface area contributed by atoms with E-state index in [1.54, 1.807) is 31.4 Å². The maximum absolute atomic E-state index is 10.5. The Bertz CT molecular complexity index is 367. The second-order valence-electron chi connectivity index (χ2n) is 3.82. The molecule has 0 heterocycles. The molecule has 1 aromatic rings. The number of nitrogens with two attached hydrogens (primary N) is 1. The van der Waals surface area contributed by atoms with Gasteiger partial charge in [-0.05, 0) is 24.3 Å². The van der Waals surface area contributed by atoms with Crippen molar-refractivity contribution in [1.82, 2.24) is 5.32 Å². The van der Waals surface area contributed by atoms with Gasteiger partial charge in [0.25, 0.3) is 5.91 Å². The summed E-state index contributed by atoms with van der Waals surface area (Å²) < 4.78 is 15.6. The molecule has 19 heavy (non-hydrogen) atoms. The zero-order chi connectivity index (χ0) is 13.9. The molecule has 0 bridgehead atoms. The van der Waals surface area contributed by atoms with Crippen LogP contribution in [0.3, 0.4) is 0 Å². The fourth-order valence-electron chi connectivity index (χ4n) is 1.33. The van der Waals surface area contributed by atoms with Crippen LogP contribution in [0.4, 0.5) is 0 Å². The van der Waals surface area contributed by atoms with E-state index in [0.29, 0.717) is 19.0 Å². The summed E-state index contributed by atoms with van der Waals surface area (Å²) in [5, 5.41) is 3.17. The number of hydrogen-bond donors (Lipinski definition) is 2. The monoisotopic (exact) mass is 268 g/mol. The molecule has 1 aromatic carbocycles. The summed E-state index contributed by atoms with van der Waals surface area (Å²) in [6.07, 6.45) is 0. The third kappa shape index (κ3) is 7.28. The van der Waals surface area contributed by atoms with Crippen LogP contribution < -0.4 is 20.5 Å². The number of amides is 1. The van der Waals surface area contributed by atoms with Crippen LogP contribution in [-0.4, -0.2) is 45.9 Å². The number of ether oxygens (including phenoxy) is 3. The molecule has 0 aliphatic carbocycles. The Kier molecular flexibility index (Phi) is 7.38. The molecule has 0 aromatic heterocycles. The zero-order valence-corrected chi connectivity index (χ0v) is 11.1. The Morgan fingerprint density at radius 1 is 1.11 bits per heavy atom. The van der Waals surface area contributed by atoms with Crippen LogP contribution in [0, 0.1) is 0 Å². The van der Waals surface area contributed by atoms with E-state index in [9.17, 15) is 4.79 Å². The van der Waals surface area contributed by atoms with Crippen LogP contribution in [0.15, 0.2) is 24.3 Å². The smallest absolute Gasteiger partial charge is 0.255 e. The molecule has 0 saturated heterocycles. The lowest BCUT2D eigenvalue weighted by atomic mass is 10.3. The lowest BCUT2D eigenvalue weighted by Gasteiger charge is -2.08. The minimum absolute atomic E-state index is 0.121. The molecule has 0 aliphatic rings. The predicted molar refractivity (Wildman–Crippen MR) is 71.4 cm³/mol. The Morgan fingerprint density at radius 2 is 1.68 bits per heavy atom. The molecule has 0 aliphatic heterocycles. The molecule has 3 N–H and O–H groups in total. The molecular formula is C13H20N2O4. The third-order valence-corrected chi connectivity index (χ3v) is 2.24. The van der Waals surface area contributed by atoms with Gasteiger partial charge in [0, 0.05) is 20.2 Å². The molecule has 6 nitrogen and oxygen atoms in total. The van der Waals surface area contributed by atoms with Crippen molar-refractivity contribution in [3.8, 4) is 11.5 Å². The number of primary amides is 1. The van der Waals surface area contributed by atoms with Crippen LogP contribution >= 0.6 is 0 Å². The maximum atomic E-state index is 10.5. The Labute approximate surface area is 112 Å². The van der Waals surface area contributed by atoms with Gasteiger partial charge in [0.2, 0.25) is 0 Å². The first kappa shape index (κ1) is 15.3. The van der Waals surface area contributed by atoms with Gasteiger partial charge < -0.3 is 25.3 Å². The van der Waals surface area contributed by atoms with Crippen LogP contribution in [-0.2, 0) is 9.53 Å². The summed E-state index contributed by atoms with van der Waals surface area (Å²) in [6.45, 7) is 2.70. The van der Waals surface area contributed by atoms with Gasteiger partial charge in [0.15, 0.2) is 6.61 Å². The molecular weight excluding hydrogens is 248 g/mol. The normalized spacial score (nSPS) is 10.2. The Hall–Kier alpha value is -1.79. The zero-order valence-electron chi connectivity index (χ0n) is 11.1. The minimum Gasteiger partial charge on any atom is -0.492 e. The van der Waals surface area contributed by atoms with Crippen molar-refractivity contribution in [2.45, 2.75) is 0 Å². The summed E-state index contributed by atoms with van der Waals surface area (Å²) >= 11 is 0. The lowest BCUT2D eigenvalue weighted by Crippen LogP contribution is -2.24. The molecule has 6 heteroatoms. The van der Waals surface area contributed by atoms with Crippen molar-refractivity contribution in [3.05, 3.63) is 24.3 Å². The molecule has 0 atom stereocenters. The van der Waals surface area contributed by atoms with Crippen LogP contribution in [0.5, 0.6) is 11.5 Å². The molecule has 0 fully saturated rings. The van der Waals surface area contributed by atoms with Crippen molar-refractivity contribution in [2.24, 2.45) is 5.73 Å². The van der Waals surface area contributed by atoms with E-state index in [4.69, 9.17) is 19.9 Å². The average molecular weight is 268 g/mol. The highest BCUT2D eigenvalue weighted by Crippen LogP contribution is 2.17. The topological polar surface area (TPSA) is 82.8 Å². The lowest BCUT2D eigenvalue weighted by molar-refractivity contribution is -0.119. The van der Waals surface area contributed by atoms with Gasteiger partial charge in [-0.3, -0.25) is 4.79 Å². The van der Waals surface area contributed by atoms with Gasteiger partial charge in [-0.15, -0.1) is 0 Å². The number of benzene rings is 1. The van der Waals surface area contributed by atoms with Gasteiger partial charge in [0.1, 0.15) is 18.1 Å². The van der Waals surface area contributed by atoms with Gasteiger partial charge in [-0.25, -0.2) is 0 Å². The first-order chi connectivity index (χ1) is 9.22. The van der Waals surface area contributed by atoms with Gasteiger partial charge >= 0.3 is 0 Å². The molecule has 0 spiro atoms. The van der Waals surface area contributed by atoms with Gasteiger partial charge in [-0.2, -0.15) is 0 Å². The van der Waals surface area contributed by atoms with E-state index in [1.165, 1.54) is 0 Å². The van der Waals surface area contributed by atoms with Crippen LogP contribution in [0.2, 0.25) is 0 Å². The highest BCUT2D eigenvalue weighted by Gasteiger charge is 1.98. The highest BCUT2D eigenvalue weighted by molar-refractivity contribution is 5.75. The first-order valence-electron chi connectivity index (χ1n) is 6.06. The summed E-state index contributed by atoms with van der Waals surface area (Å²) in [5.41, 5.74) is 4.98. The number of hydrogen-bond acceptors (Lipinski definition) is 5. The molecule has 106 valence electrons. The number of carbonyl (C=O) groups is 1. The fraction of sp³-hybridized carbons (Fsp3) is 0.462.